The van der Waals surface area contributed by atoms with Gasteiger partial charge in [0.05, 0.1) is 0 Å². The molecule has 2 heteroatoms. The van der Waals surface area contributed by atoms with Crippen LogP contribution in [-0.2, 0) is 0 Å². The molecule has 0 fully saturated rings. The first-order valence-corrected chi connectivity index (χ1v) is 5.01. The van der Waals surface area contributed by atoms with Crippen molar-refractivity contribution in [1.29, 1.82) is 0 Å². The molecule has 2 unspecified atom stereocenters. The smallest absolute Gasteiger partial charge is 0.0491 e. The molecule has 0 saturated carbocycles. The molecule has 0 aliphatic rings. The van der Waals surface area contributed by atoms with Gasteiger partial charge in [0.15, 0.2) is 0 Å². The molecule has 0 amide bonds. The predicted molar refractivity (Wildman–Crippen MR) is 61.3 cm³/mol. The van der Waals surface area contributed by atoms with E-state index in [-0.39, 0.29) is 6.04 Å². The molecular weight excluding hydrogens is 172 g/mol. The number of benzene rings is 1. The molecule has 0 heterocycles. The van der Waals surface area contributed by atoms with Gasteiger partial charge in [0, 0.05) is 12.1 Å². The molecule has 0 bridgehead atoms. The monoisotopic (exact) mass is 192 g/mol. The summed E-state index contributed by atoms with van der Waals surface area (Å²) in [6.07, 6.45) is 0. The van der Waals surface area contributed by atoms with Crippen molar-refractivity contribution in [2.24, 2.45) is 5.73 Å². The van der Waals surface area contributed by atoms with E-state index in [9.17, 15) is 0 Å². The van der Waals surface area contributed by atoms with E-state index in [1.165, 1.54) is 11.1 Å². The van der Waals surface area contributed by atoms with Crippen LogP contribution in [0.1, 0.15) is 24.1 Å². The first-order valence-electron chi connectivity index (χ1n) is 5.01. The highest BCUT2D eigenvalue weighted by Crippen LogP contribution is 2.20. The number of nitrogens with zero attached hydrogens (tertiary/aromatic N) is 1. The van der Waals surface area contributed by atoms with Crippen LogP contribution in [0, 0.1) is 6.92 Å². The van der Waals surface area contributed by atoms with Gasteiger partial charge in [-0.2, -0.15) is 0 Å². The Kier molecular flexibility index (Phi) is 3.67. The van der Waals surface area contributed by atoms with Crippen molar-refractivity contribution in [3.05, 3.63) is 35.4 Å². The van der Waals surface area contributed by atoms with Gasteiger partial charge < -0.3 is 10.6 Å². The van der Waals surface area contributed by atoms with E-state index in [2.05, 4.69) is 50.2 Å². The highest BCUT2D eigenvalue weighted by molar-refractivity contribution is 5.25. The van der Waals surface area contributed by atoms with Crippen LogP contribution in [0.25, 0.3) is 0 Å². The van der Waals surface area contributed by atoms with E-state index in [0.717, 1.165) is 0 Å². The fourth-order valence-electron chi connectivity index (χ4n) is 1.84. The van der Waals surface area contributed by atoms with Crippen LogP contribution < -0.4 is 5.73 Å². The largest absolute Gasteiger partial charge is 0.326 e. The topological polar surface area (TPSA) is 29.3 Å². The molecule has 1 aromatic carbocycles. The minimum absolute atomic E-state index is 0.146. The lowest BCUT2D eigenvalue weighted by atomic mass is 9.99. The van der Waals surface area contributed by atoms with Crippen molar-refractivity contribution < 1.29 is 0 Å². The molecule has 2 N–H and O–H groups in total. The van der Waals surface area contributed by atoms with Gasteiger partial charge in [0.1, 0.15) is 0 Å². The predicted octanol–water partition coefficient (Wildman–Crippen LogP) is 1.94. The Labute approximate surface area is 86.7 Å². The molecule has 0 aromatic heterocycles. The number of likely N-dealkylation sites (N-methyl/N-ethyl adjacent to an activating group) is 1. The summed E-state index contributed by atoms with van der Waals surface area (Å²) in [5.74, 6) is 0. The number of rotatable bonds is 3. The van der Waals surface area contributed by atoms with Gasteiger partial charge in [0.25, 0.3) is 0 Å². The summed E-state index contributed by atoms with van der Waals surface area (Å²) in [6.45, 7) is 4.14. The lowest BCUT2D eigenvalue weighted by Crippen LogP contribution is -2.34. The molecule has 14 heavy (non-hydrogen) atoms. The van der Waals surface area contributed by atoms with Crippen LogP contribution in [0.15, 0.2) is 24.3 Å². The van der Waals surface area contributed by atoms with Crippen LogP contribution in [0.5, 0.6) is 0 Å². The van der Waals surface area contributed by atoms with Crippen LogP contribution in [0.3, 0.4) is 0 Å². The Bertz CT molecular complexity index is 267. The molecule has 2 atom stereocenters. The second kappa shape index (κ2) is 4.58. The highest BCUT2D eigenvalue weighted by atomic mass is 15.1. The van der Waals surface area contributed by atoms with E-state index < -0.39 is 0 Å². The third kappa shape index (κ3) is 2.56. The third-order valence-corrected chi connectivity index (χ3v) is 2.47. The van der Waals surface area contributed by atoms with Crippen LogP contribution >= 0.6 is 0 Å². The SMILES string of the molecule is Cc1ccc(C(C(C)N)N(C)C)cc1. The maximum Gasteiger partial charge on any atom is 0.0491 e. The molecular formula is C12H20N2. The Morgan fingerprint density at radius 1 is 1.14 bits per heavy atom. The van der Waals surface area contributed by atoms with E-state index in [1.807, 2.05) is 6.92 Å². The summed E-state index contributed by atoms with van der Waals surface area (Å²) in [5, 5.41) is 0. The maximum atomic E-state index is 5.97. The quantitative estimate of drug-likeness (QED) is 0.793. The first kappa shape index (κ1) is 11.2. The fourth-order valence-corrected chi connectivity index (χ4v) is 1.84. The Morgan fingerprint density at radius 2 is 1.64 bits per heavy atom. The van der Waals surface area contributed by atoms with E-state index in [0.29, 0.717) is 6.04 Å². The molecule has 1 rings (SSSR count). The molecule has 0 radical (unpaired) electrons. The molecule has 0 aliphatic heterocycles. The van der Waals surface area contributed by atoms with Gasteiger partial charge in [-0.25, -0.2) is 0 Å². The Morgan fingerprint density at radius 3 is 2.00 bits per heavy atom. The summed E-state index contributed by atoms with van der Waals surface area (Å²) in [7, 11) is 4.13. The lowest BCUT2D eigenvalue weighted by Gasteiger charge is -2.28. The normalized spacial score (nSPS) is 15.6. The average Bonchev–Trinajstić information content (AvgIpc) is 2.07. The number of hydrogen-bond donors (Lipinski definition) is 1. The number of nitrogens with two attached hydrogens (primary N) is 1. The Balaban J connectivity index is 2.94. The second-order valence-corrected chi connectivity index (χ2v) is 4.18. The van der Waals surface area contributed by atoms with E-state index in [4.69, 9.17) is 5.73 Å². The van der Waals surface area contributed by atoms with Gasteiger partial charge in [-0.15, -0.1) is 0 Å². The zero-order valence-corrected chi connectivity index (χ0v) is 9.49. The van der Waals surface area contributed by atoms with Crippen molar-refractivity contribution >= 4 is 0 Å². The van der Waals surface area contributed by atoms with Gasteiger partial charge >= 0.3 is 0 Å². The average molecular weight is 192 g/mol. The van der Waals surface area contributed by atoms with E-state index >= 15 is 0 Å². The van der Waals surface area contributed by atoms with Crippen molar-refractivity contribution in [2.45, 2.75) is 25.9 Å². The standard InChI is InChI=1S/C12H20N2/c1-9-5-7-11(8-6-9)12(10(2)13)14(3)4/h5-8,10,12H,13H2,1-4H3. The van der Waals surface area contributed by atoms with Crippen molar-refractivity contribution in [3.8, 4) is 0 Å². The number of aryl methyl sites for hydroxylation is 1. The zero-order valence-electron chi connectivity index (χ0n) is 9.49. The van der Waals surface area contributed by atoms with Gasteiger partial charge in [0.2, 0.25) is 0 Å². The second-order valence-electron chi connectivity index (χ2n) is 4.18. The van der Waals surface area contributed by atoms with Crippen molar-refractivity contribution in [1.82, 2.24) is 4.90 Å². The highest BCUT2D eigenvalue weighted by Gasteiger charge is 2.17. The van der Waals surface area contributed by atoms with Crippen LogP contribution in [-0.4, -0.2) is 25.0 Å². The summed E-state index contributed by atoms with van der Waals surface area (Å²) in [5.41, 5.74) is 8.54. The summed E-state index contributed by atoms with van der Waals surface area (Å²) in [6, 6.07) is 9.03. The van der Waals surface area contributed by atoms with Gasteiger partial charge in [-0.1, -0.05) is 29.8 Å². The van der Waals surface area contributed by atoms with Gasteiger partial charge in [-0.3, -0.25) is 0 Å². The minimum Gasteiger partial charge on any atom is -0.326 e. The minimum atomic E-state index is 0.146. The summed E-state index contributed by atoms with van der Waals surface area (Å²) >= 11 is 0. The number of hydrogen-bond acceptors (Lipinski definition) is 2. The van der Waals surface area contributed by atoms with Crippen molar-refractivity contribution in [2.75, 3.05) is 14.1 Å². The summed E-state index contributed by atoms with van der Waals surface area (Å²) < 4.78 is 0. The molecule has 2 nitrogen and oxygen atoms in total. The van der Waals surface area contributed by atoms with Crippen molar-refractivity contribution in [3.63, 3.8) is 0 Å². The Hall–Kier alpha value is -0.860. The fraction of sp³-hybridized carbons (Fsp3) is 0.500. The molecule has 0 aliphatic carbocycles. The first-order chi connectivity index (χ1) is 6.52. The molecule has 0 saturated heterocycles. The van der Waals surface area contributed by atoms with E-state index in [1.54, 1.807) is 0 Å². The molecule has 0 spiro atoms. The maximum absolute atomic E-state index is 5.97. The molecule has 78 valence electrons. The summed E-state index contributed by atoms with van der Waals surface area (Å²) in [4.78, 5) is 2.16. The lowest BCUT2D eigenvalue weighted by molar-refractivity contribution is 0.266. The third-order valence-electron chi connectivity index (χ3n) is 2.47. The van der Waals surface area contributed by atoms with Gasteiger partial charge in [-0.05, 0) is 33.5 Å². The van der Waals surface area contributed by atoms with Crippen LogP contribution in [0.4, 0.5) is 0 Å². The van der Waals surface area contributed by atoms with Crippen LogP contribution in [0.2, 0.25) is 0 Å². The molecule has 1 aromatic rings. The zero-order chi connectivity index (χ0) is 10.7.